The Morgan fingerprint density at radius 3 is 2.35 bits per heavy atom. The Balaban J connectivity index is 2.66. The third-order valence-corrected chi connectivity index (χ3v) is 2.87. The molecule has 0 aromatic rings. The number of amides is 2. The summed E-state index contributed by atoms with van der Waals surface area (Å²) >= 11 is 0. The van der Waals surface area contributed by atoms with Gasteiger partial charge in [-0.25, -0.2) is 0 Å². The van der Waals surface area contributed by atoms with Gasteiger partial charge in [0.05, 0.1) is 0 Å². The highest BCUT2D eigenvalue weighted by Gasteiger charge is 2.37. The van der Waals surface area contributed by atoms with Crippen molar-refractivity contribution in [3.05, 3.63) is 0 Å². The summed E-state index contributed by atoms with van der Waals surface area (Å²) in [5.41, 5.74) is 10.9. The Morgan fingerprint density at radius 2 is 1.88 bits per heavy atom. The summed E-state index contributed by atoms with van der Waals surface area (Å²) in [5.74, 6) is -0.423. The Bertz CT molecular complexity index is 311. The Morgan fingerprint density at radius 1 is 1.29 bits per heavy atom. The smallest absolute Gasteiger partial charge is 0.244 e. The zero-order valence-electron chi connectivity index (χ0n) is 10.6. The summed E-state index contributed by atoms with van der Waals surface area (Å²) in [5, 5.41) is 5.32. The van der Waals surface area contributed by atoms with Crippen LogP contribution in [0, 0.1) is 5.92 Å². The first kappa shape index (κ1) is 13.9. The van der Waals surface area contributed by atoms with Crippen LogP contribution >= 0.6 is 0 Å². The van der Waals surface area contributed by atoms with Crippen LogP contribution in [0.1, 0.15) is 27.2 Å². The minimum atomic E-state index is -0.614. The summed E-state index contributed by atoms with van der Waals surface area (Å²) in [7, 11) is 0. The molecule has 98 valence electrons. The second-order valence-corrected chi connectivity index (χ2v) is 5.45. The van der Waals surface area contributed by atoms with Gasteiger partial charge in [-0.3, -0.25) is 9.59 Å². The number of hydrogen-bond acceptors (Lipinski definition) is 4. The summed E-state index contributed by atoms with van der Waals surface area (Å²) in [6, 6.07) is -1.13. The van der Waals surface area contributed by atoms with Crippen LogP contribution in [0.15, 0.2) is 0 Å². The van der Waals surface area contributed by atoms with E-state index in [0.29, 0.717) is 6.42 Å². The maximum Gasteiger partial charge on any atom is 0.244 e. The summed E-state index contributed by atoms with van der Waals surface area (Å²) in [4.78, 5) is 23.4. The molecule has 3 unspecified atom stereocenters. The predicted molar refractivity (Wildman–Crippen MR) is 65.0 cm³/mol. The van der Waals surface area contributed by atoms with E-state index >= 15 is 0 Å². The molecule has 1 saturated heterocycles. The Hall–Kier alpha value is -1.14. The van der Waals surface area contributed by atoms with E-state index in [1.165, 1.54) is 0 Å². The lowest BCUT2D eigenvalue weighted by Crippen LogP contribution is -2.65. The first-order valence-electron chi connectivity index (χ1n) is 5.84. The molecule has 1 aliphatic rings. The van der Waals surface area contributed by atoms with Crippen molar-refractivity contribution in [2.45, 2.75) is 44.8 Å². The van der Waals surface area contributed by atoms with Crippen LogP contribution in [0.3, 0.4) is 0 Å². The lowest BCUT2D eigenvalue weighted by molar-refractivity contribution is -0.137. The van der Waals surface area contributed by atoms with E-state index in [9.17, 15) is 9.59 Å². The first-order chi connectivity index (χ1) is 7.74. The Kier molecular flexibility index (Phi) is 4.11. The molecular formula is C11H22N4O2. The molecule has 0 aromatic heterocycles. The molecule has 17 heavy (non-hydrogen) atoms. The summed E-state index contributed by atoms with van der Waals surface area (Å²) < 4.78 is 0. The number of rotatable bonds is 4. The van der Waals surface area contributed by atoms with Crippen molar-refractivity contribution in [3.8, 4) is 0 Å². The van der Waals surface area contributed by atoms with E-state index in [4.69, 9.17) is 11.5 Å². The van der Waals surface area contributed by atoms with Crippen LogP contribution in [0.25, 0.3) is 0 Å². The molecule has 1 rings (SSSR count). The van der Waals surface area contributed by atoms with Crippen LogP contribution < -0.4 is 22.1 Å². The molecule has 6 heteroatoms. The van der Waals surface area contributed by atoms with Crippen molar-refractivity contribution in [2.24, 2.45) is 17.4 Å². The van der Waals surface area contributed by atoms with Gasteiger partial charge in [0, 0.05) is 12.1 Å². The van der Waals surface area contributed by atoms with Crippen molar-refractivity contribution in [2.75, 3.05) is 6.54 Å². The lowest BCUT2D eigenvalue weighted by atomic mass is 9.86. The monoisotopic (exact) mass is 242 g/mol. The highest BCUT2D eigenvalue weighted by molar-refractivity contribution is 5.97. The zero-order chi connectivity index (χ0) is 13.2. The van der Waals surface area contributed by atoms with Crippen LogP contribution in [-0.2, 0) is 9.59 Å². The molecule has 1 fully saturated rings. The SMILES string of the molecule is CC(CC(C)(C)N)C1NC(=O)C(CN)NC1=O. The fraction of sp³-hybridized carbons (Fsp3) is 0.818. The molecule has 6 nitrogen and oxygen atoms in total. The number of nitrogens with two attached hydrogens (primary N) is 2. The quantitative estimate of drug-likeness (QED) is 0.490. The van der Waals surface area contributed by atoms with Gasteiger partial charge in [0.15, 0.2) is 0 Å². The van der Waals surface area contributed by atoms with Gasteiger partial charge in [-0.15, -0.1) is 0 Å². The molecule has 1 heterocycles. The maximum absolute atomic E-state index is 11.8. The van der Waals surface area contributed by atoms with Gasteiger partial charge in [0.2, 0.25) is 11.8 Å². The molecular weight excluding hydrogens is 220 g/mol. The summed E-state index contributed by atoms with van der Waals surface area (Å²) in [6.45, 7) is 5.81. The van der Waals surface area contributed by atoms with Gasteiger partial charge < -0.3 is 22.1 Å². The van der Waals surface area contributed by atoms with Crippen LogP contribution in [0.2, 0.25) is 0 Å². The Labute approximate surface area is 101 Å². The van der Waals surface area contributed by atoms with E-state index in [2.05, 4.69) is 10.6 Å². The van der Waals surface area contributed by atoms with E-state index in [0.717, 1.165) is 0 Å². The number of piperazine rings is 1. The van der Waals surface area contributed by atoms with Crippen molar-refractivity contribution >= 4 is 11.8 Å². The van der Waals surface area contributed by atoms with E-state index in [-0.39, 0.29) is 29.8 Å². The van der Waals surface area contributed by atoms with Crippen molar-refractivity contribution in [1.29, 1.82) is 0 Å². The summed E-state index contributed by atoms with van der Waals surface area (Å²) in [6.07, 6.45) is 0.651. The topological polar surface area (TPSA) is 110 Å². The maximum atomic E-state index is 11.8. The molecule has 0 aliphatic carbocycles. The second kappa shape index (κ2) is 5.01. The highest BCUT2D eigenvalue weighted by Crippen LogP contribution is 2.18. The molecule has 1 aliphatic heterocycles. The normalized spacial score (nSPS) is 27.4. The number of carbonyl (C=O) groups excluding carboxylic acids is 2. The second-order valence-electron chi connectivity index (χ2n) is 5.45. The number of nitrogens with one attached hydrogen (secondary N) is 2. The first-order valence-corrected chi connectivity index (χ1v) is 5.84. The molecule has 3 atom stereocenters. The number of hydrogen-bond donors (Lipinski definition) is 4. The molecule has 0 aromatic carbocycles. The molecule has 0 bridgehead atoms. The van der Waals surface area contributed by atoms with Crippen molar-refractivity contribution < 1.29 is 9.59 Å². The average Bonchev–Trinajstić information content (AvgIpc) is 2.18. The lowest BCUT2D eigenvalue weighted by Gasteiger charge is -2.34. The van der Waals surface area contributed by atoms with E-state index in [1.54, 1.807) is 0 Å². The third-order valence-electron chi connectivity index (χ3n) is 2.87. The third kappa shape index (κ3) is 3.67. The van der Waals surface area contributed by atoms with E-state index < -0.39 is 12.1 Å². The minimum Gasteiger partial charge on any atom is -0.342 e. The zero-order valence-corrected chi connectivity index (χ0v) is 10.6. The molecule has 0 saturated carbocycles. The van der Waals surface area contributed by atoms with Gasteiger partial charge in [-0.05, 0) is 26.2 Å². The van der Waals surface area contributed by atoms with Crippen molar-refractivity contribution in [3.63, 3.8) is 0 Å². The van der Waals surface area contributed by atoms with Crippen LogP contribution in [0.5, 0.6) is 0 Å². The van der Waals surface area contributed by atoms with Gasteiger partial charge in [-0.2, -0.15) is 0 Å². The largest absolute Gasteiger partial charge is 0.342 e. The van der Waals surface area contributed by atoms with Crippen molar-refractivity contribution in [1.82, 2.24) is 10.6 Å². The van der Waals surface area contributed by atoms with Gasteiger partial charge in [0.1, 0.15) is 12.1 Å². The molecule has 6 N–H and O–H groups in total. The number of carbonyl (C=O) groups is 2. The van der Waals surface area contributed by atoms with Gasteiger partial charge in [0.25, 0.3) is 0 Å². The van der Waals surface area contributed by atoms with Crippen LogP contribution in [0.4, 0.5) is 0 Å². The van der Waals surface area contributed by atoms with Crippen LogP contribution in [-0.4, -0.2) is 36.0 Å². The average molecular weight is 242 g/mol. The molecule has 0 radical (unpaired) electrons. The fourth-order valence-electron chi connectivity index (χ4n) is 2.16. The van der Waals surface area contributed by atoms with Gasteiger partial charge in [-0.1, -0.05) is 6.92 Å². The molecule has 2 amide bonds. The predicted octanol–water partition coefficient (Wildman–Crippen LogP) is -1.31. The standard InChI is InChI=1S/C11H22N4O2/c1-6(4-11(2,3)13)8-10(17)14-7(5-12)9(16)15-8/h6-8H,4-5,12-13H2,1-3H3,(H,14,17)(H,15,16). The highest BCUT2D eigenvalue weighted by atomic mass is 16.2. The minimum absolute atomic E-state index is 0.0160. The van der Waals surface area contributed by atoms with Gasteiger partial charge >= 0.3 is 0 Å². The molecule has 0 spiro atoms. The fourth-order valence-corrected chi connectivity index (χ4v) is 2.16. The van der Waals surface area contributed by atoms with E-state index in [1.807, 2.05) is 20.8 Å².